The lowest BCUT2D eigenvalue weighted by Crippen LogP contribution is -2.41. The smallest absolute Gasteiger partial charge is 0.271 e. The van der Waals surface area contributed by atoms with Gasteiger partial charge in [0.05, 0.1) is 10.6 Å². The molecule has 2 aromatic rings. The Balaban J connectivity index is 0.00000190. The van der Waals surface area contributed by atoms with Crippen molar-refractivity contribution < 1.29 is 18.4 Å². The van der Waals surface area contributed by atoms with E-state index in [9.17, 15) is 18.4 Å². The van der Waals surface area contributed by atoms with Crippen molar-refractivity contribution in [2.75, 3.05) is 5.32 Å². The molecule has 0 atom stereocenters. The summed E-state index contributed by atoms with van der Waals surface area (Å²) in [6.45, 7) is 9.58. The van der Waals surface area contributed by atoms with Crippen molar-refractivity contribution in [1.29, 1.82) is 0 Å². The van der Waals surface area contributed by atoms with Gasteiger partial charge in [0.1, 0.15) is 5.82 Å². The molecule has 1 aromatic heterocycles. The van der Waals surface area contributed by atoms with Crippen LogP contribution in [0, 0.1) is 18.6 Å². The van der Waals surface area contributed by atoms with Crippen LogP contribution < -0.4 is 16.2 Å². The molecule has 152 valence electrons. The first-order chi connectivity index (χ1) is 13.2. The molecule has 2 rings (SSSR count). The number of benzene rings is 1. The number of pyridine rings is 1. The van der Waals surface area contributed by atoms with Gasteiger partial charge in [-0.3, -0.25) is 20.4 Å². The number of halogens is 3. The third-order valence-corrected chi connectivity index (χ3v) is 3.51. The van der Waals surface area contributed by atoms with E-state index < -0.39 is 23.4 Å². The van der Waals surface area contributed by atoms with E-state index in [0.29, 0.717) is 23.6 Å². The second kappa shape index (κ2) is 10.6. The van der Waals surface area contributed by atoms with E-state index in [-0.39, 0.29) is 22.2 Å². The van der Waals surface area contributed by atoms with Crippen LogP contribution in [0.25, 0.3) is 0 Å². The number of nitrogens with one attached hydrogen (secondary N) is 3. The maximum absolute atomic E-state index is 13.3. The molecule has 0 aliphatic carbocycles. The van der Waals surface area contributed by atoms with Crippen LogP contribution in [0.15, 0.2) is 24.3 Å². The van der Waals surface area contributed by atoms with E-state index in [1.165, 1.54) is 12.1 Å². The fraction of sp³-hybridized carbons (Fsp3) is 0.316. The summed E-state index contributed by atoms with van der Waals surface area (Å²) in [4.78, 5) is 28.5. The Morgan fingerprint density at radius 1 is 1.00 bits per heavy atom. The third kappa shape index (κ3) is 6.45. The van der Waals surface area contributed by atoms with Crippen LogP contribution in [0.4, 0.5) is 14.6 Å². The molecule has 0 fully saturated rings. The van der Waals surface area contributed by atoms with Gasteiger partial charge in [-0.15, -0.1) is 0 Å². The van der Waals surface area contributed by atoms with Crippen LogP contribution in [-0.2, 0) is 0 Å². The molecule has 2 amide bonds. The van der Waals surface area contributed by atoms with E-state index in [0.717, 1.165) is 0 Å². The predicted molar refractivity (Wildman–Crippen MR) is 105 cm³/mol. The minimum Gasteiger partial charge on any atom is -0.368 e. The first kappa shape index (κ1) is 23.3. The topological polar surface area (TPSA) is 83.1 Å². The second-order valence-electron chi connectivity index (χ2n) is 5.84. The van der Waals surface area contributed by atoms with Crippen LogP contribution in [0.3, 0.4) is 0 Å². The number of nitrogens with zero attached hydrogens (tertiary/aromatic N) is 1. The average molecular weight is 413 g/mol. The molecule has 1 aromatic carbocycles. The zero-order valence-electron chi connectivity index (χ0n) is 16.3. The molecule has 1 heterocycles. The summed E-state index contributed by atoms with van der Waals surface area (Å²) < 4.78 is 26.3. The molecule has 0 spiro atoms. The van der Waals surface area contributed by atoms with Crippen molar-refractivity contribution in [1.82, 2.24) is 15.8 Å². The van der Waals surface area contributed by atoms with Crippen LogP contribution in [0.2, 0.25) is 5.02 Å². The number of carbonyl (C=O) groups excluding carboxylic acids is 2. The molecule has 0 bridgehead atoms. The number of amides is 2. The summed E-state index contributed by atoms with van der Waals surface area (Å²) in [5, 5.41) is 2.80. The van der Waals surface area contributed by atoms with E-state index >= 15 is 0 Å². The highest BCUT2D eigenvalue weighted by atomic mass is 35.5. The maximum atomic E-state index is 13.3. The Hall–Kier alpha value is -2.74. The fourth-order valence-electron chi connectivity index (χ4n) is 2.12. The van der Waals surface area contributed by atoms with Crippen molar-refractivity contribution in [3.8, 4) is 0 Å². The van der Waals surface area contributed by atoms with Crippen LogP contribution in [0.1, 0.15) is 54.1 Å². The summed E-state index contributed by atoms with van der Waals surface area (Å²) >= 11 is 5.72. The predicted octanol–water partition coefficient (Wildman–Crippen LogP) is 4.24. The summed E-state index contributed by atoms with van der Waals surface area (Å²) in [6, 6.07) is 4.52. The van der Waals surface area contributed by atoms with Crippen molar-refractivity contribution >= 4 is 29.2 Å². The highest BCUT2D eigenvalue weighted by molar-refractivity contribution is 6.33. The molecule has 6 nitrogen and oxygen atoms in total. The Kier molecular flexibility index (Phi) is 8.78. The Morgan fingerprint density at radius 2 is 1.57 bits per heavy atom. The highest BCUT2D eigenvalue weighted by Crippen LogP contribution is 2.19. The highest BCUT2D eigenvalue weighted by Gasteiger charge is 2.16. The molecular formula is C19H23ClF2N4O2. The molecule has 0 saturated carbocycles. The van der Waals surface area contributed by atoms with Crippen molar-refractivity contribution in [3.63, 3.8) is 0 Å². The van der Waals surface area contributed by atoms with Gasteiger partial charge in [0, 0.05) is 17.3 Å². The van der Waals surface area contributed by atoms with Gasteiger partial charge in [0.25, 0.3) is 11.8 Å². The normalized spacial score (nSPS) is 10.0. The van der Waals surface area contributed by atoms with Crippen molar-refractivity contribution in [2.24, 2.45) is 0 Å². The lowest BCUT2D eigenvalue weighted by Gasteiger charge is -2.12. The van der Waals surface area contributed by atoms with Gasteiger partial charge in [0.2, 0.25) is 0 Å². The standard InChI is InChI=1S/C17H17ClF2N4O2.C2H6/c1-8(2)21-15-5-10(4-9(3)22-15)16(25)23-24-17(26)11-6-13(19)14(20)7-12(11)18;1-2/h4-8H,1-3H3,(H,21,22)(H,23,25)(H,24,26);1-2H3. The van der Waals surface area contributed by atoms with E-state index in [2.05, 4.69) is 21.2 Å². The molecule has 28 heavy (non-hydrogen) atoms. The number of hydrogen-bond acceptors (Lipinski definition) is 4. The largest absolute Gasteiger partial charge is 0.368 e. The van der Waals surface area contributed by atoms with Gasteiger partial charge in [-0.25, -0.2) is 13.8 Å². The summed E-state index contributed by atoms with van der Waals surface area (Å²) in [6.07, 6.45) is 0. The van der Waals surface area contributed by atoms with Gasteiger partial charge in [-0.2, -0.15) is 0 Å². The van der Waals surface area contributed by atoms with Gasteiger partial charge in [-0.05, 0) is 45.0 Å². The monoisotopic (exact) mass is 412 g/mol. The quantitative estimate of drug-likeness (QED) is 0.518. The van der Waals surface area contributed by atoms with Gasteiger partial charge < -0.3 is 5.32 Å². The zero-order chi connectivity index (χ0) is 21.4. The molecule has 9 heteroatoms. The number of carbonyl (C=O) groups is 2. The molecule has 3 N–H and O–H groups in total. The Morgan fingerprint density at radius 3 is 2.18 bits per heavy atom. The Bertz CT molecular complexity index is 860. The first-order valence-electron chi connectivity index (χ1n) is 8.68. The van der Waals surface area contributed by atoms with E-state index in [4.69, 9.17) is 11.6 Å². The molecule has 0 radical (unpaired) electrons. The van der Waals surface area contributed by atoms with Crippen molar-refractivity contribution in [3.05, 3.63) is 57.7 Å². The molecule has 0 saturated heterocycles. The molecule has 0 aliphatic heterocycles. The summed E-state index contributed by atoms with van der Waals surface area (Å²) in [5.41, 5.74) is 4.87. The lowest BCUT2D eigenvalue weighted by atomic mass is 10.2. The van der Waals surface area contributed by atoms with Gasteiger partial charge in [-0.1, -0.05) is 25.4 Å². The SMILES string of the molecule is CC.Cc1cc(C(=O)NNC(=O)c2cc(F)c(F)cc2Cl)cc(NC(C)C)n1. The average Bonchev–Trinajstić information content (AvgIpc) is 2.63. The fourth-order valence-corrected chi connectivity index (χ4v) is 2.36. The zero-order valence-corrected chi connectivity index (χ0v) is 17.0. The minimum absolute atomic E-state index is 0.121. The maximum Gasteiger partial charge on any atom is 0.271 e. The molecular weight excluding hydrogens is 390 g/mol. The summed E-state index contributed by atoms with van der Waals surface area (Å²) in [5.74, 6) is -3.36. The second-order valence-corrected chi connectivity index (χ2v) is 6.24. The van der Waals surface area contributed by atoms with Crippen LogP contribution in [-0.4, -0.2) is 22.8 Å². The van der Waals surface area contributed by atoms with E-state index in [1.54, 1.807) is 6.92 Å². The van der Waals surface area contributed by atoms with Crippen molar-refractivity contribution in [2.45, 2.75) is 40.7 Å². The van der Waals surface area contributed by atoms with Crippen LogP contribution in [0.5, 0.6) is 0 Å². The molecule has 0 aliphatic rings. The van der Waals surface area contributed by atoms with Crippen LogP contribution >= 0.6 is 11.6 Å². The number of anilines is 1. The number of aromatic nitrogens is 1. The number of hydrogen-bond donors (Lipinski definition) is 3. The molecule has 0 unspecified atom stereocenters. The Labute approximate surface area is 167 Å². The lowest BCUT2D eigenvalue weighted by molar-refractivity contribution is 0.0846. The van der Waals surface area contributed by atoms with Gasteiger partial charge in [0.15, 0.2) is 11.6 Å². The summed E-state index contributed by atoms with van der Waals surface area (Å²) in [7, 11) is 0. The minimum atomic E-state index is -1.22. The number of aryl methyl sites for hydroxylation is 1. The number of hydrazine groups is 1. The van der Waals surface area contributed by atoms with E-state index in [1.807, 2.05) is 27.7 Å². The van der Waals surface area contributed by atoms with Gasteiger partial charge >= 0.3 is 0 Å². The first-order valence-corrected chi connectivity index (χ1v) is 9.05. The number of rotatable bonds is 4. The third-order valence-electron chi connectivity index (χ3n) is 3.20.